The Labute approximate surface area is 122 Å². The fraction of sp³-hybridized carbons (Fsp3) is 0.625. The van der Waals surface area contributed by atoms with Crippen molar-refractivity contribution in [2.75, 3.05) is 52.5 Å². The monoisotopic (exact) mass is 278 g/mol. The average molecular weight is 278 g/mol. The van der Waals surface area contributed by atoms with E-state index in [1.54, 1.807) is 0 Å². The summed E-state index contributed by atoms with van der Waals surface area (Å²) in [4.78, 5) is 4.77. The van der Waals surface area contributed by atoms with Gasteiger partial charge in [-0.3, -0.25) is 9.80 Å². The number of aliphatic hydroxyl groups is 1. The van der Waals surface area contributed by atoms with Gasteiger partial charge in [-0.2, -0.15) is 0 Å². The summed E-state index contributed by atoms with van der Waals surface area (Å²) in [5.41, 5.74) is 2.67. The van der Waals surface area contributed by atoms with Gasteiger partial charge in [0, 0.05) is 39.3 Å². The molecule has 0 radical (unpaired) electrons. The molecule has 4 heteroatoms. The Morgan fingerprint density at radius 1 is 1.20 bits per heavy atom. The van der Waals surface area contributed by atoms with E-state index in [1.165, 1.54) is 11.1 Å². The molecule has 0 aromatic heterocycles. The summed E-state index contributed by atoms with van der Waals surface area (Å²) in [6.45, 7) is 9.80. The van der Waals surface area contributed by atoms with E-state index < -0.39 is 0 Å². The van der Waals surface area contributed by atoms with Crippen LogP contribution in [0.4, 0.5) is 0 Å². The largest absolute Gasteiger partial charge is 0.395 e. The van der Waals surface area contributed by atoms with E-state index in [0.29, 0.717) is 0 Å². The van der Waals surface area contributed by atoms with Crippen LogP contribution in [0.3, 0.4) is 0 Å². The third-order valence-corrected chi connectivity index (χ3v) is 3.91. The molecule has 1 aliphatic heterocycles. The number of ether oxygens (including phenoxy) is 1. The van der Waals surface area contributed by atoms with Crippen molar-refractivity contribution in [3.8, 4) is 0 Å². The number of hydrogen-bond donors (Lipinski definition) is 1. The van der Waals surface area contributed by atoms with Gasteiger partial charge in [0.25, 0.3) is 0 Å². The van der Waals surface area contributed by atoms with Gasteiger partial charge in [0.1, 0.15) is 0 Å². The summed E-state index contributed by atoms with van der Waals surface area (Å²) < 4.78 is 5.37. The summed E-state index contributed by atoms with van der Waals surface area (Å²) in [7, 11) is 0. The predicted octanol–water partition coefficient (Wildman–Crippen LogP) is 1.12. The average Bonchev–Trinajstić information content (AvgIpc) is 2.48. The Kier molecular flexibility index (Phi) is 6.47. The molecule has 0 aliphatic carbocycles. The van der Waals surface area contributed by atoms with Crippen molar-refractivity contribution < 1.29 is 9.84 Å². The van der Waals surface area contributed by atoms with Gasteiger partial charge in [-0.25, -0.2) is 0 Å². The molecule has 1 heterocycles. The number of aryl methyl sites for hydroxylation is 1. The third-order valence-electron chi connectivity index (χ3n) is 3.91. The van der Waals surface area contributed by atoms with Gasteiger partial charge in [-0.15, -0.1) is 0 Å². The lowest BCUT2D eigenvalue weighted by molar-refractivity contribution is 0.0320. The molecule has 1 aromatic carbocycles. The molecule has 0 atom stereocenters. The van der Waals surface area contributed by atoms with Crippen LogP contribution >= 0.6 is 0 Å². The number of hydrogen-bond acceptors (Lipinski definition) is 4. The van der Waals surface area contributed by atoms with Crippen molar-refractivity contribution in [2.24, 2.45) is 0 Å². The maximum Gasteiger partial charge on any atom is 0.0594 e. The molecule has 4 nitrogen and oxygen atoms in total. The number of morpholine rings is 1. The van der Waals surface area contributed by atoms with Gasteiger partial charge >= 0.3 is 0 Å². The first kappa shape index (κ1) is 15.4. The molecule has 1 aliphatic rings. The second-order valence-corrected chi connectivity index (χ2v) is 5.38. The Hall–Kier alpha value is -0.940. The van der Waals surface area contributed by atoms with E-state index in [9.17, 15) is 5.11 Å². The maximum absolute atomic E-state index is 9.25. The van der Waals surface area contributed by atoms with E-state index in [0.717, 1.165) is 52.5 Å². The zero-order valence-corrected chi connectivity index (χ0v) is 12.4. The highest BCUT2D eigenvalue weighted by Crippen LogP contribution is 2.10. The van der Waals surface area contributed by atoms with Crippen molar-refractivity contribution in [1.29, 1.82) is 0 Å². The van der Waals surface area contributed by atoms with Crippen molar-refractivity contribution >= 4 is 0 Å². The molecule has 1 N–H and O–H groups in total. The minimum Gasteiger partial charge on any atom is -0.395 e. The number of aliphatic hydroxyl groups excluding tert-OH is 1. The van der Waals surface area contributed by atoms with Crippen LogP contribution in [0.5, 0.6) is 0 Å². The normalized spacial score (nSPS) is 16.8. The lowest BCUT2D eigenvalue weighted by atomic mass is 10.1. The van der Waals surface area contributed by atoms with Crippen molar-refractivity contribution in [2.45, 2.75) is 13.5 Å². The van der Waals surface area contributed by atoms with E-state index >= 15 is 0 Å². The second kappa shape index (κ2) is 8.37. The molecule has 0 unspecified atom stereocenters. The molecule has 1 fully saturated rings. The van der Waals surface area contributed by atoms with Crippen molar-refractivity contribution in [3.05, 3.63) is 35.4 Å². The Bertz CT molecular complexity index is 392. The van der Waals surface area contributed by atoms with Gasteiger partial charge in [0.05, 0.1) is 19.8 Å². The molecule has 0 bridgehead atoms. The quantitative estimate of drug-likeness (QED) is 0.811. The molecular weight excluding hydrogens is 252 g/mol. The standard InChI is InChI=1S/C16H26N2O2/c1-15-4-2-3-5-16(15)14-18(8-11-19)7-6-17-9-12-20-13-10-17/h2-5,19H,6-14H2,1H3. The SMILES string of the molecule is Cc1ccccc1CN(CCO)CCN1CCOCC1. The van der Waals surface area contributed by atoms with Crippen LogP contribution in [-0.2, 0) is 11.3 Å². The Morgan fingerprint density at radius 3 is 2.65 bits per heavy atom. The Morgan fingerprint density at radius 2 is 1.95 bits per heavy atom. The minimum atomic E-state index is 0.217. The highest BCUT2D eigenvalue weighted by atomic mass is 16.5. The fourth-order valence-electron chi connectivity index (χ4n) is 2.55. The lowest BCUT2D eigenvalue weighted by Gasteiger charge is -2.30. The van der Waals surface area contributed by atoms with Crippen LogP contribution in [0.15, 0.2) is 24.3 Å². The van der Waals surface area contributed by atoms with Crippen LogP contribution in [0, 0.1) is 6.92 Å². The van der Waals surface area contributed by atoms with Crippen LogP contribution < -0.4 is 0 Å². The molecule has 0 saturated carbocycles. The third kappa shape index (κ3) is 4.87. The van der Waals surface area contributed by atoms with Crippen LogP contribution in [0.25, 0.3) is 0 Å². The Balaban J connectivity index is 1.84. The smallest absolute Gasteiger partial charge is 0.0594 e. The highest BCUT2D eigenvalue weighted by Gasteiger charge is 2.13. The van der Waals surface area contributed by atoms with Crippen LogP contribution in [-0.4, -0.2) is 67.5 Å². The molecule has 0 amide bonds. The summed E-state index contributed by atoms with van der Waals surface area (Å²) in [5.74, 6) is 0. The first-order valence-corrected chi connectivity index (χ1v) is 7.47. The summed E-state index contributed by atoms with van der Waals surface area (Å²) >= 11 is 0. The van der Waals surface area contributed by atoms with Crippen molar-refractivity contribution in [3.63, 3.8) is 0 Å². The number of rotatable bonds is 7. The molecule has 112 valence electrons. The molecule has 20 heavy (non-hydrogen) atoms. The zero-order chi connectivity index (χ0) is 14.2. The van der Waals surface area contributed by atoms with E-state index in [4.69, 9.17) is 4.74 Å². The first-order valence-electron chi connectivity index (χ1n) is 7.47. The molecule has 2 rings (SSSR count). The number of benzene rings is 1. The maximum atomic E-state index is 9.25. The molecular formula is C16H26N2O2. The highest BCUT2D eigenvalue weighted by molar-refractivity contribution is 5.25. The van der Waals surface area contributed by atoms with Gasteiger partial charge in [0.15, 0.2) is 0 Å². The van der Waals surface area contributed by atoms with Gasteiger partial charge in [-0.1, -0.05) is 24.3 Å². The zero-order valence-electron chi connectivity index (χ0n) is 12.4. The van der Waals surface area contributed by atoms with Gasteiger partial charge in [-0.05, 0) is 18.1 Å². The van der Waals surface area contributed by atoms with Crippen LogP contribution in [0.2, 0.25) is 0 Å². The van der Waals surface area contributed by atoms with E-state index in [2.05, 4.69) is 41.0 Å². The summed E-state index contributed by atoms with van der Waals surface area (Å²) in [6, 6.07) is 8.48. The second-order valence-electron chi connectivity index (χ2n) is 5.38. The molecule has 0 spiro atoms. The number of nitrogens with zero attached hydrogens (tertiary/aromatic N) is 2. The minimum absolute atomic E-state index is 0.217. The van der Waals surface area contributed by atoms with Crippen molar-refractivity contribution in [1.82, 2.24) is 9.80 Å². The molecule has 1 aromatic rings. The molecule has 1 saturated heterocycles. The fourth-order valence-corrected chi connectivity index (χ4v) is 2.55. The summed E-state index contributed by atoms with van der Waals surface area (Å²) in [5, 5.41) is 9.25. The first-order chi connectivity index (χ1) is 9.79. The van der Waals surface area contributed by atoms with E-state index in [-0.39, 0.29) is 6.61 Å². The van der Waals surface area contributed by atoms with Gasteiger partial charge < -0.3 is 9.84 Å². The van der Waals surface area contributed by atoms with E-state index in [1.807, 2.05) is 0 Å². The topological polar surface area (TPSA) is 35.9 Å². The summed E-state index contributed by atoms with van der Waals surface area (Å²) in [6.07, 6.45) is 0. The predicted molar refractivity (Wildman–Crippen MR) is 80.8 cm³/mol. The van der Waals surface area contributed by atoms with Gasteiger partial charge in [0.2, 0.25) is 0 Å². The van der Waals surface area contributed by atoms with Crippen LogP contribution in [0.1, 0.15) is 11.1 Å². The lowest BCUT2D eigenvalue weighted by Crippen LogP contribution is -2.41.